The Balaban J connectivity index is 1.92. The Kier molecular flexibility index (Phi) is 4.46. The summed E-state index contributed by atoms with van der Waals surface area (Å²) in [6.45, 7) is 10.1. The molecule has 6 nitrogen and oxygen atoms in total. The van der Waals surface area contributed by atoms with Crippen LogP contribution < -0.4 is 4.90 Å². The second-order valence-corrected chi connectivity index (χ2v) is 6.11. The van der Waals surface area contributed by atoms with Crippen LogP contribution in [0.3, 0.4) is 0 Å². The van der Waals surface area contributed by atoms with E-state index in [4.69, 9.17) is 4.98 Å². The third-order valence-electron chi connectivity index (χ3n) is 4.53. The van der Waals surface area contributed by atoms with E-state index in [0.717, 1.165) is 35.7 Å². The molecule has 2 aromatic rings. The molecular formula is C18H23N5O. The standard InChI is InChI=1S/C18H23N5O/c1-5-22-10-11-23(14(4)17(22)24)18-19-9-8-16(21-18)15-7-6-12(2)20-13(15)3/h6-9,14H,5,10-11H2,1-4H3/t14-/m0/s1. The van der Waals surface area contributed by atoms with Crippen LogP contribution >= 0.6 is 0 Å². The quantitative estimate of drug-likeness (QED) is 0.866. The number of aryl methyl sites for hydroxylation is 2. The topological polar surface area (TPSA) is 62.2 Å². The first-order valence-electron chi connectivity index (χ1n) is 8.34. The summed E-state index contributed by atoms with van der Waals surface area (Å²) in [6.07, 6.45) is 1.75. The summed E-state index contributed by atoms with van der Waals surface area (Å²) >= 11 is 0. The van der Waals surface area contributed by atoms with Crippen LogP contribution in [0.5, 0.6) is 0 Å². The van der Waals surface area contributed by atoms with E-state index >= 15 is 0 Å². The number of anilines is 1. The van der Waals surface area contributed by atoms with Crippen molar-refractivity contribution in [2.24, 2.45) is 0 Å². The first-order valence-corrected chi connectivity index (χ1v) is 8.34. The van der Waals surface area contributed by atoms with E-state index < -0.39 is 0 Å². The van der Waals surface area contributed by atoms with Gasteiger partial charge in [0.25, 0.3) is 0 Å². The number of likely N-dealkylation sites (N-methyl/N-ethyl adjacent to an activating group) is 1. The van der Waals surface area contributed by atoms with Crippen LogP contribution in [0.15, 0.2) is 24.4 Å². The highest BCUT2D eigenvalue weighted by Crippen LogP contribution is 2.24. The second kappa shape index (κ2) is 6.55. The fourth-order valence-electron chi connectivity index (χ4n) is 3.11. The fourth-order valence-corrected chi connectivity index (χ4v) is 3.11. The number of carbonyl (C=O) groups is 1. The lowest BCUT2D eigenvalue weighted by Crippen LogP contribution is -2.56. The van der Waals surface area contributed by atoms with Crippen molar-refractivity contribution in [3.8, 4) is 11.3 Å². The van der Waals surface area contributed by atoms with Gasteiger partial charge in [-0.2, -0.15) is 0 Å². The molecule has 0 aliphatic carbocycles. The van der Waals surface area contributed by atoms with E-state index in [1.165, 1.54) is 0 Å². The maximum atomic E-state index is 12.4. The van der Waals surface area contributed by atoms with Crippen molar-refractivity contribution >= 4 is 11.9 Å². The average molecular weight is 325 g/mol. The predicted octanol–water partition coefficient (Wildman–Crippen LogP) is 2.21. The summed E-state index contributed by atoms with van der Waals surface area (Å²) in [5.74, 6) is 0.731. The van der Waals surface area contributed by atoms with E-state index in [0.29, 0.717) is 12.5 Å². The minimum absolute atomic E-state index is 0.130. The maximum Gasteiger partial charge on any atom is 0.245 e. The van der Waals surface area contributed by atoms with Gasteiger partial charge in [-0.3, -0.25) is 9.78 Å². The van der Waals surface area contributed by atoms with Crippen molar-refractivity contribution in [2.45, 2.75) is 33.7 Å². The highest BCUT2D eigenvalue weighted by Gasteiger charge is 2.32. The molecule has 2 aromatic heterocycles. The number of rotatable bonds is 3. The number of carbonyl (C=O) groups excluding carboxylic acids is 1. The molecular weight excluding hydrogens is 302 g/mol. The Hall–Kier alpha value is -2.50. The molecule has 1 amide bonds. The van der Waals surface area contributed by atoms with E-state index in [1.807, 2.05) is 55.7 Å². The second-order valence-electron chi connectivity index (χ2n) is 6.11. The van der Waals surface area contributed by atoms with Gasteiger partial charge in [0.2, 0.25) is 11.9 Å². The van der Waals surface area contributed by atoms with Crippen molar-refractivity contribution in [2.75, 3.05) is 24.5 Å². The third-order valence-corrected chi connectivity index (χ3v) is 4.53. The smallest absolute Gasteiger partial charge is 0.245 e. The zero-order valence-electron chi connectivity index (χ0n) is 14.7. The summed E-state index contributed by atoms with van der Waals surface area (Å²) in [5, 5.41) is 0. The molecule has 1 aliphatic rings. The van der Waals surface area contributed by atoms with Gasteiger partial charge in [-0.1, -0.05) is 0 Å². The Morgan fingerprint density at radius 1 is 1.17 bits per heavy atom. The van der Waals surface area contributed by atoms with Gasteiger partial charge in [0.15, 0.2) is 0 Å². The first-order chi connectivity index (χ1) is 11.5. The number of pyridine rings is 1. The van der Waals surface area contributed by atoms with Gasteiger partial charge in [0.05, 0.1) is 5.69 Å². The summed E-state index contributed by atoms with van der Waals surface area (Å²) in [7, 11) is 0. The van der Waals surface area contributed by atoms with Gasteiger partial charge >= 0.3 is 0 Å². The Morgan fingerprint density at radius 2 is 1.96 bits per heavy atom. The van der Waals surface area contributed by atoms with Crippen molar-refractivity contribution in [1.29, 1.82) is 0 Å². The van der Waals surface area contributed by atoms with Crippen LogP contribution in [-0.2, 0) is 4.79 Å². The van der Waals surface area contributed by atoms with Crippen molar-refractivity contribution in [3.05, 3.63) is 35.8 Å². The lowest BCUT2D eigenvalue weighted by Gasteiger charge is -2.38. The van der Waals surface area contributed by atoms with E-state index in [2.05, 4.69) is 9.97 Å². The van der Waals surface area contributed by atoms with Gasteiger partial charge in [-0.15, -0.1) is 0 Å². The molecule has 1 atom stereocenters. The molecule has 0 aromatic carbocycles. The maximum absolute atomic E-state index is 12.4. The van der Waals surface area contributed by atoms with E-state index in [1.54, 1.807) is 6.20 Å². The molecule has 1 aliphatic heterocycles. The number of aromatic nitrogens is 3. The molecule has 0 spiro atoms. The highest BCUT2D eigenvalue weighted by molar-refractivity contribution is 5.85. The van der Waals surface area contributed by atoms with Crippen LogP contribution in [0.4, 0.5) is 5.95 Å². The molecule has 126 valence electrons. The van der Waals surface area contributed by atoms with Gasteiger partial charge in [-0.25, -0.2) is 9.97 Å². The number of nitrogens with zero attached hydrogens (tertiary/aromatic N) is 5. The van der Waals surface area contributed by atoms with Crippen LogP contribution in [0.1, 0.15) is 25.2 Å². The zero-order chi connectivity index (χ0) is 17.3. The molecule has 0 saturated carbocycles. The lowest BCUT2D eigenvalue weighted by molar-refractivity contribution is -0.133. The molecule has 0 radical (unpaired) electrons. The van der Waals surface area contributed by atoms with E-state index in [-0.39, 0.29) is 11.9 Å². The molecule has 1 saturated heterocycles. The number of piperazine rings is 1. The fraction of sp³-hybridized carbons (Fsp3) is 0.444. The zero-order valence-corrected chi connectivity index (χ0v) is 14.7. The van der Waals surface area contributed by atoms with Gasteiger partial charge in [0, 0.05) is 42.8 Å². The molecule has 0 unspecified atom stereocenters. The molecule has 0 bridgehead atoms. The molecule has 3 heterocycles. The minimum atomic E-state index is -0.244. The van der Waals surface area contributed by atoms with Crippen molar-refractivity contribution in [3.63, 3.8) is 0 Å². The van der Waals surface area contributed by atoms with Crippen LogP contribution in [-0.4, -0.2) is 51.4 Å². The van der Waals surface area contributed by atoms with E-state index in [9.17, 15) is 4.79 Å². The Morgan fingerprint density at radius 3 is 2.67 bits per heavy atom. The first kappa shape index (κ1) is 16.4. The number of hydrogen-bond acceptors (Lipinski definition) is 5. The Labute approximate surface area is 142 Å². The minimum Gasteiger partial charge on any atom is -0.339 e. The Bertz CT molecular complexity index is 761. The van der Waals surface area contributed by atoms with Crippen LogP contribution in [0.2, 0.25) is 0 Å². The summed E-state index contributed by atoms with van der Waals surface area (Å²) in [4.78, 5) is 29.9. The van der Waals surface area contributed by atoms with Crippen LogP contribution in [0, 0.1) is 13.8 Å². The molecule has 6 heteroatoms. The van der Waals surface area contributed by atoms with Gasteiger partial charge in [0.1, 0.15) is 6.04 Å². The van der Waals surface area contributed by atoms with Gasteiger partial charge in [-0.05, 0) is 45.9 Å². The predicted molar refractivity (Wildman–Crippen MR) is 93.8 cm³/mol. The monoisotopic (exact) mass is 325 g/mol. The van der Waals surface area contributed by atoms with Crippen molar-refractivity contribution in [1.82, 2.24) is 19.9 Å². The summed E-state index contributed by atoms with van der Waals surface area (Å²) in [5.41, 5.74) is 3.76. The third kappa shape index (κ3) is 2.96. The molecule has 0 N–H and O–H groups in total. The average Bonchev–Trinajstić information content (AvgIpc) is 2.57. The SMILES string of the molecule is CCN1CCN(c2nccc(-c3ccc(C)nc3C)n2)[C@@H](C)C1=O. The highest BCUT2D eigenvalue weighted by atomic mass is 16.2. The molecule has 3 rings (SSSR count). The number of hydrogen-bond donors (Lipinski definition) is 0. The van der Waals surface area contributed by atoms with Crippen molar-refractivity contribution < 1.29 is 4.79 Å². The van der Waals surface area contributed by atoms with Gasteiger partial charge < -0.3 is 9.80 Å². The molecule has 24 heavy (non-hydrogen) atoms. The summed E-state index contributed by atoms with van der Waals surface area (Å²) in [6, 6.07) is 5.66. The molecule has 1 fully saturated rings. The van der Waals surface area contributed by atoms with Crippen LogP contribution in [0.25, 0.3) is 11.3 Å². The lowest BCUT2D eigenvalue weighted by atomic mass is 10.1. The number of amides is 1. The normalized spacial score (nSPS) is 18.2. The largest absolute Gasteiger partial charge is 0.339 e. The summed E-state index contributed by atoms with van der Waals surface area (Å²) < 4.78 is 0.